The number of nitro groups is 2. The maximum Gasteiger partial charge on any atom is 0.513 e. The summed E-state index contributed by atoms with van der Waals surface area (Å²) in [7, 11) is 3.22. The first-order valence-electron chi connectivity index (χ1n) is 30.6. The molecule has 1 aromatic heterocycles. The van der Waals surface area contributed by atoms with Gasteiger partial charge in [0.25, 0.3) is 23.3 Å². The predicted octanol–water partition coefficient (Wildman–Crippen LogP) is 10.8. The summed E-state index contributed by atoms with van der Waals surface area (Å²) >= 11 is 0. The molecule has 1 atom stereocenters. The van der Waals surface area contributed by atoms with Gasteiger partial charge < -0.3 is 72.0 Å². The summed E-state index contributed by atoms with van der Waals surface area (Å²) in [6.07, 6.45) is 7.10. The summed E-state index contributed by atoms with van der Waals surface area (Å²) in [6.45, 7) is 14.5. The summed E-state index contributed by atoms with van der Waals surface area (Å²) in [5.74, 6) is -0.714. The van der Waals surface area contributed by atoms with E-state index < -0.39 is 34.1 Å². The van der Waals surface area contributed by atoms with Crippen LogP contribution < -0.4 is 23.9 Å². The van der Waals surface area contributed by atoms with Gasteiger partial charge in [0.1, 0.15) is 24.7 Å². The first kappa shape index (κ1) is 80.2. The number of carbonyl (C=O) groups excluding carboxylic acids is 2. The molecule has 522 valence electrons. The number of non-ortho nitro benzene ring substituents is 2. The van der Waals surface area contributed by atoms with Crippen LogP contribution in [0.5, 0.6) is 23.0 Å². The molecule has 3 aliphatic rings. The average Bonchev–Trinajstić information content (AvgIpc) is 1.61. The van der Waals surface area contributed by atoms with Crippen LogP contribution in [0.2, 0.25) is 0 Å². The van der Waals surface area contributed by atoms with Crippen molar-refractivity contribution in [1.82, 2.24) is 4.98 Å². The Morgan fingerprint density at radius 1 is 0.594 bits per heavy atom. The van der Waals surface area contributed by atoms with E-state index in [1.165, 1.54) is 48.5 Å². The molecule has 6 bridgehead atoms. The Morgan fingerprint density at radius 3 is 1.46 bits per heavy atom. The van der Waals surface area contributed by atoms with Gasteiger partial charge in [-0.15, -0.1) is 5.69 Å². The first-order valence-corrected chi connectivity index (χ1v) is 30.6. The molecule has 0 amide bonds. The number of aliphatic imine (C=N–C) groups is 4. The van der Waals surface area contributed by atoms with Crippen molar-refractivity contribution in [2.24, 2.45) is 20.0 Å². The number of fused-ring (bicyclic) bond motifs is 5. The van der Waals surface area contributed by atoms with Gasteiger partial charge >= 0.3 is 12.3 Å². The minimum atomic E-state index is -0.953. The Balaban J connectivity index is 0.00000206. The van der Waals surface area contributed by atoms with E-state index >= 15 is 0 Å². The molecule has 7 rings (SSSR count). The van der Waals surface area contributed by atoms with Crippen molar-refractivity contribution >= 4 is 76.9 Å². The van der Waals surface area contributed by atoms with E-state index in [1.807, 2.05) is 19.9 Å². The smallest absolute Gasteiger partial charge is 0.513 e. The predicted molar refractivity (Wildman–Crippen MR) is 350 cm³/mol. The van der Waals surface area contributed by atoms with E-state index in [0.29, 0.717) is 138 Å². The molecule has 96 heavy (non-hydrogen) atoms. The molecule has 0 saturated heterocycles. The van der Waals surface area contributed by atoms with Crippen molar-refractivity contribution in [2.75, 3.05) is 107 Å². The van der Waals surface area contributed by atoms with Crippen molar-refractivity contribution in [2.45, 2.75) is 92.5 Å². The second kappa shape index (κ2) is 43.8. The summed E-state index contributed by atoms with van der Waals surface area (Å²) < 4.78 is 67.1. The van der Waals surface area contributed by atoms with Crippen LogP contribution in [0.4, 0.5) is 32.3 Å². The molecule has 1 unspecified atom stereocenters. The number of ether oxygens (including phenoxy) is 12. The van der Waals surface area contributed by atoms with Gasteiger partial charge in [0, 0.05) is 104 Å². The number of carbonyl (C=O) groups is 4. The molecule has 0 aliphatic carbocycles. The Hall–Kier alpha value is -8.20. The third-order valence-corrected chi connectivity index (χ3v) is 14.0. The zero-order valence-electron chi connectivity index (χ0n) is 55.0. The average molecular weight is 1480 g/mol. The van der Waals surface area contributed by atoms with Crippen molar-refractivity contribution in [3.05, 3.63) is 131 Å². The molecule has 30 heteroatoms. The Bertz CT molecular complexity index is 3430. The molecule has 0 radical (unpaired) electrons. The van der Waals surface area contributed by atoms with Crippen molar-refractivity contribution < 1.29 is 136 Å². The fraction of sp³-hybridized carbons (Fsp3) is 0.455. The van der Waals surface area contributed by atoms with Crippen LogP contribution in [0.3, 0.4) is 0 Å². The molecule has 0 spiro atoms. The SMILES string of the molecule is CC(=O)O.CC(=O)O.CCc1c2[n-]c(c1CC)CC1N=C(C=Nc3cc(OCCOCCOCCOC)c(OCCOCCOCCOC)cc3N=CC3=N/C(=C\2)C(CCCOC(=O)Oc2ccc([N+](=O)[O-])cc2)=C3C)C(C)=C1CCCOC(=O)Oc1ccc([N+](=O)[O-])cc1.[Gd]. The van der Waals surface area contributed by atoms with Gasteiger partial charge in [0.05, 0.1) is 136 Å². The minimum Gasteiger partial charge on any atom is -0.661 e. The maximum absolute atomic E-state index is 12.8. The Labute approximate surface area is 587 Å². The maximum atomic E-state index is 12.8. The van der Waals surface area contributed by atoms with Crippen LogP contribution in [-0.4, -0.2) is 181 Å². The summed E-state index contributed by atoms with van der Waals surface area (Å²) in [5.41, 5.74) is 9.93. The molecular formula is C66H82GdN7O22-. The molecule has 3 aliphatic heterocycles. The number of hydrogen-bond donors (Lipinski definition) is 2. The number of nitro benzene ring substituents is 2. The fourth-order valence-electron chi connectivity index (χ4n) is 9.55. The zero-order valence-corrected chi connectivity index (χ0v) is 57.2. The number of hydrogen-bond acceptors (Lipinski definition) is 24. The van der Waals surface area contributed by atoms with Gasteiger partial charge in [-0.1, -0.05) is 31.1 Å². The molecule has 3 aromatic carbocycles. The second-order valence-electron chi connectivity index (χ2n) is 20.7. The van der Waals surface area contributed by atoms with Crippen LogP contribution in [0.1, 0.15) is 89.7 Å². The Kier molecular flexibility index (Phi) is 36.6. The Morgan fingerprint density at radius 2 is 1.02 bits per heavy atom. The van der Waals surface area contributed by atoms with Gasteiger partial charge in [-0.3, -0.25) is 44.8 Å². The number of methoxy groups -OCH3 is 2. The minimum absolute atomic E-state index is 0. The van der Waals surface area contributed by atoms with E-state index in [0.717, 1.165) is 58.7 Å². The topological polar surface area (TPSA) is 369 Å². The van der Waals surface area contributed by atoms with Gasteiger partial charge in [-0.25, -0.2) is 14.6 Å². The van der Waals surface area contributed by atoms with Crippen LogP contribution in [-0.2, 0) is 66.7 Å². The van der Waals surface area contributed by atoms with E-state index in [4.69, 9.17) is 102 Å². The summed E-state index contributed by atoms with van der Waals surface area (Å²) in [6, 6.07) is 13.4. The molecule has 4 heterocycles. The van der Waals surface area contributed by atoms with Crippen LogP contribution in [0.25, 0.3) is 6.08 Å². The molecule has 0 fully saturated rings. The number of nitrogens with zero attached hydrogens (tertiary/aromatic N) is 7. The molecule has 2 N–H and O–H groups in total. The second-order valence-corrected chi connectivity index (χ2v) is 20.7. The number of aromatic nitrogens is 1. The quantitative estimate of drug-likeness (QED) is 0.0144. The molecule has 4 aromatic rings. The van der Waals surface area contributed by atoms with Crippen LogP contribution in [0.15, 0.2) is 109 Å². The summed E-state index contributed by atoms with van der Waals surface area (Å²) in [5, 5.41) is 37.1. The van der Waals surface area contributed by atoms with Crippen molar-refractivity contribution in [1.29, 1.82) is 0 Å². The van der Waals surface area contributed by atoms with E-state index in [-0.39, 0.29) is 108 Å². The first-order chi connectivity index (χ1) is 45.8. The number of benzene rings is 3. The zero-order chi connectivity index (χ0) is 69.1. The van der Waals surface area contributed by atoms with Gasteiger partial charge in [-0.2, -0.15) is 5.69 Å². The van der Waals surface area contributed by atoms with Crippen molar-refractivity contribution in [3.63, 3.8) is 0 Å². The summed E-state index contributed by atoms with van der Waals surface area (Å²) in [4.78, 5) is 90.6. The third kappa shape index (κ3) is 27.5. The fourth-order valence-corrected chi connectivity index (χ4v) is 9.55. The molecular weight excluding hydrogens is 1400 g/mol. The van der Waals surface area contributed by atoms with Gasteiger partial charge in [0.2, 0.25) is 0 Å². The third-order valence-electron chi connectivity index (χ3n) is 14.0. The number of carboxylic acid groups (broad SMARTS) is 2. The van der Waals surface area contributed by atoms with Crippen LogP contribution >= 0.6 is 0 Å². The number of allylic oxidation sites excluding steroid dienone is 3. The van der Waals surface area contributed by atoms with E-state index in [1.54, 1.807) is 38.8 Å². The number of carboxylic acids is 2. The normalized spacial score (nSPS) is 14.2. The van der Waals surface area contributed by atoms with E-state index in [2.05, 4.69) is 13.8 Å². The van der Waals surface area contributed by atoms with Crippen LogP contribution in [0, 0.1) is 60.2 Å². The standard InChI is InChI=1S/C62H74N7O18.2C2H4O2.Gd/c1-7-47-48(8-2)52-36-54-50(12-10-22-85-62(71)87-46-19-15-44(16-20-46)69(74)75)42(4)58(67-54)40-64-56-38-60(83-34-32-81-30-28-79-26-24-77-6)59(82-33-31-80-29-27-78-25-23-76-5)37-55(56)63-39-57-41(3)49(53(66-57)35-51(47)65-52)11-9-21-84-61(70)86-45-17-13-43(14-18-45)68(72)73;2*1-2(3)4;/h13-20,35,37-40,54H,7-12,21-34,36H2,1-6H3;2*1H3,(H,3,4);/q-1;;;. The van der Waals surface area contributed by atoms with E-state index in [9.17, 15) is 29.8 Å². The molecule has 29 nitrogen and oxygen atoms in total. The number of aliphatic carboxylic acids is 2. The number of rotatable bonds is 34. The van der Waals surface area contributed by atoms with Gasteiger partial charge in [-0.05, 0) is 105 Å². The monoisotopic (exact) mass is 1480 g/mol. The molecule has 0 saturated carbocycles. The van der Waals surface area contributed by atoms with Gasteiger partial charge in [0.15, 0.2) is 11.5 Å². The largest absolute Gasteiger partial charge is 0.661 e. The van der Waals surface area contributed by atoms with Crippen molar-refractivity contribution in [3.8, 4) is 23.0 Å².